The van der Waals surface area contributed by atoms with Gasteiger partial charge in [-0.25, -0.2) is 0 Å². The number of rotatable bonds is 4. The van der Waals surface area contributed by atoms with Gasteiger partial charge >= 0.3 is 0 Å². The lowest BCUT2D eigenvalue weighted by Gasteiger charge is -2.10. The van der Waals surface area contributed by atoms with Crippen molar-refractivity contribution >= 4 is 12.0 Å². The standard InChI is InChI=1S/C14H18N2O/c1-16-11-9-13(14(16)17)15-10-5-8-12-6-3-2-4-7-12/h2-8,13,15H,9-11H2,1H3/b8-5+. The smallest absolute Gasteiger partial charge is 0.239 e. The molecule has 17 heavy (non-hydrogen) atoms. The summed E-state index contributed by atoms with van der Waals surface area (Å²) in [4.78, 5) is 13.4. The van der Waals surface area contributed by atoms with Crippen molar-refractivity contribution in [3.05, 3.63) is 42.0 Å². The van der Waals surface area contributed by atoms with Gasteiger partial charge in [-0.1, -0.05) is 42.5 Å². The van der Waals surface area contributed by atoms with Gasteiger partial charge in [-0.3, -0.25) is 4.79 Å². The molecule has 3 nitrogen and oxygen atoms in total. The van der Waals surface area contributed by atoms with Crippen LogP contribution in [-0.4, -0.2) is 37.0 Å². The summed E-state index contributed by atoms with van der Waals surface area (Å²) in [6, 6.07) is 10.2. The third-order valence-corrected chi connectivity index (χ3v) is 3.02. The van der Waals surface area contributed by atoms with Gasteiger partial charge in [0, 0.05) is 20.1 Å². The highest BCUT2D eigenvalue weighted by Gasteiger charge is 2.27. The third kappa shape index (κ3) is 3.17. The second kappa shape index (κ2) is 5.64. The third-order valence-electron chi connectivity index (χ3n) is 3.02. The monoisotopic (exact) mass is 230 g/mol. The fraction of sp³-hybridized carbons (Fsp3) is 0.357. The van der Waals surface area contributed by atoms with E-state index in [1.165, 1.54) is 5.56 Å². The van der Waals surface area contributed by atoms with Gasteiger partial charge in [-0.15, -0.1) is 0 Å². The van der Waals surface area contributed by atoms with Crippen molar-refractivity contribution < 1.29 is 4.79 Å². The maximum Gasteiger partial charge on any atom is 0.239 e. The summed E-state index contributed by atoms with van der Waals surface area (Å²) in [7, 11) is 1.85. The first-order valence-corrected chi connectivity index (χ1v) is 5.97. The Morgan fingerprint density at radius 3 is 2.82 bits per heavy atom. The van der Waals surface area contributed by atoms with Crippen molar-refractivity contribution in [1.82, 2.24) is 10.2 Å². The lowest BCUT2D eigenvalue weighted by molar-refractivity contribution is -0.128. The fourth-order valence-corrected chi connectivity index (χ4v) is 1.98. The number of carbonyl (C=O) groups excluding carboxylic acids is 1. The normalized spacial score (nSPS) is 20.4. The SMILES string of the molecule is CN1CCC(NC/C=C/c2ccccc2)C1=O. The quantitative estimate of drug-likeness (QED) is 0.850. The highest BCUT2D eigenvalue weighted by atomic mass is 16.2. The van der Waals surface area contributed by atoms with E-state index in [1.807, 2.05) is 25.2 Å². The first kappa shape index (κ1) is 11.9. The summed E-state index contributed by atoms with van der Waals surface area (Å²) < 4.78 is 0. The Bertz CT molecular complexity index is 400. The number of benzene rings is 1. The molecule has 3 heteroatoms. The predicted octanol–water partition coefficient (Wildman–Crippen LogP) is 1.52. The summed E-state index contributed by atoms with van der Waals surface area (Å²) in [6.07, 6.45) is 5.03. The number of hydrogen-bond acceptors (Lipinski definition) is 2. The molecule has 0 saturated carbocycles. The van der Waals surface area contributed by atoms with Crippen LogP contribution in [0.1, 0.15) is 12.0 Å². The maximum atomic E-state index is 11.6. The van der Waals surface area contributed by atoms with Gasteiger partial charge in [0.05, 0.1) is 6.04 Å². The summed E-state index contributed by atoms with van der Waals surface area (Å²) in [5, 5.41) is 3.25. The molecule has 1 amide bonds. The van der Waals surface area contributed by atoms with Crippen molar-refractivity contribution in [2.75, 3.05) is 20.1 Å². The molecule has 90 valence electrons. The fourth-order valence-electron chi connectivity index (χ4n) is 1.98. The van der Waals surface area contributed by atoms with Crippen LogP contribution in [0.4, 0.5) is 0 Å². The number of nitrogens with zero attached hydrogens (tertiary/aromatic N) is 1. The molecule has 1 aliphatic rings. The predicted molar refractivity (Wildman–Crippen MR) is 69.5 cm³/mol. The van der Waals surface area contributed by atoms with E-state index in [2.05, 4.69) is 29.6 Å². The average Bonchev–Trinajstić information content (AvgIpc) is 2.67. The van der Waals surface area contributed by atoms with Gasteiger partial charge in [0.15, 0.2) is 0 Å². The Balaban J connectivity index is 1.77. The van der Waals surface area contributed by atoms with E-state index in [4.69, 9.17) is 0 Å². The van der Waals surface area contributed by atoms with Crippen molar-refractivity contribution in [2.45, 2.75) is 12.5 Å². The molecule has 1 atom stereocenters. The number of carbonyl (C=O) groups is 1. The van der Waals surface area contributed by atoms with Crippen LogP contribution in [-0.2, 0) is 4.79 Å². The molecule has 1 aromatic rings. The first-order valence-electron chi connectivity index (χ1n) is 5.97. The highest BCUT2D eigenvalue weighted by Crippen LogP contribution is 2.08. The van der Waals surface area contributed by atoms with Crippen LogP contribution in [0.15, 0.2) is 36.4 Å². The van der Waals surface area contributed by atoms with Gasteiger partial charge in [0.25, 0.3) is 0 Å². The van der Waals surface area contributed by atoms with Crippen LogP contribution in [0.5, 0.6) is 0 Å². The van der Waals surface area contributed by atoms with E-state index >= 15 is 0 Å². The minimum absolute atomic E-state index is 0.000392. The van der Waals surface area contributed by atoms with E-state index in [9.17, 15) is 4.79 Å². The molecule has 0 spiro atoms. The largest absolute Gasteiger partial charge is 0.344 e. The maximum absolute atomic E-state index is 11.6. The van der Waals surface area contributed by atoms with Crippen LogP contribution >= 0.6 is 0 Å². The molecule has 1 aromatic carbocycles. The second-order valence-corrected chi connectivity index (χ2v) is 4.32. The number of likely N-dealkylation sites (tertiary alicyclic amines) is 1. The Labute approximate surface area is 102 Å². The summed E-state index contributed by atoms with van der Waals surface area (Å²) in [5.41, 5.74) is 1.18. The van der Waals surface area contributed by atoms with Crippen molar-refractivity contribution in [2.24, 2.45) is 0 Å². The molecule has 1 N–H and O–H groups in total. The Morgan fingerprint density at radius 2 is 2.18 bits per heavy atom. The van der Waals surface area contributed by atoms with Gasteiger partial charge in [0.2, 0.25) is 5.91 Å². The molecule has 0 bridgehead atoms. The lowest BCUT2D eigenvalue weighted by Crippen LogP contribution is -2.36. The number of nitrogens with one attached hydrogen (secondary N) is 1. The molecule has 1 aliphatic heterocycles. The van der Waals surface area contributed by atoms with E-state index in [-0.39, 0.29) is 11.9 Å². The minimum Gasteiger partial charge on any atom is -0.344 e. The summed E-state index contributed by atoms with van der Waals surface area (Å²) in [5.74, 6) is 0.207. The molecule has 1 saturated heterocycles. The average molecular weight is 230 g/mol. The van der Waals surface area contributed by atoms with E-state index < -0.39 is 0 Å². The Hall–Kier alpha value is -1.61. The molecule has 0 aliphatic carbocycles. The topological polar surface area (TPSA) is 32.3 Å². The van der Waals surface area contributed by atoms with E-state index in [1.54, 1.807) is 4.90 Å². The molecule has 1 heterocycles. The van der Waals surface area contributed by atoms with Crippen molar-refractivity contribution in [3.63, 3.8) is 0 Å². The Kier molecular flexibility index (Phi) is 3.94. The van der Waals surface area contributed by atoms with E-state index in [0.717, 1.165) is 19.5 Å². The summed E-state index contributed by atoms with van der Waals surface area (Å²) in [6.45, 7) is 1.60. The van der Waals surface area contributed by atoms with Crippen LogP contribution < -0.4 is 5.32 Å². The van der Waals surface area contributed by atoms with E-state index in [0.29, 0.717) is 0 Å². The second-order valence-electron chi connectivity index (χ2n) is 4.32. The number of hydrogen-bond donors (Lipinski definition) is 1. The molecular weight excluding hydrogens is 212 g/mol. The van der Waals surface area contributed by atoms with Gasteiger partial charge in [-0.05, 0) is 12.0 Å². The van der Waals surface area contributed by atoms with Crippen LogP contribution in [0.3, 0.4) is 0 Å². The van der Waals surface area contributed by atoms with Gasteiger partial charge in [0.1, 0.15) is 0 Å². The van der Waals surface area contributed by atoms with Gasteiger partial charge in [-0.2, -0.15) is 0 Å². The molecule has 1 unspecified atom stereocenters. The van der Waals surface area contributed by atoms with Crippen LogP contribution in [0.25, 0.3) is 6.08 Å². The zero-order valence-corrected chi connectivity index (χ0v) is 10.1. The van der Waals surface area contributed by atoms with Crippen LogP contribution in [0.2, 0.25) is 0 Å². The molecule has 0 aromatic heterocycles. The lowest BCUT2D eigenvalue weighted by atomic mass is 10.2. The Morgan fingerprint density at radius 1 is 1.41 bits per heavy atom. The molecular formula is C14H18N2O. The van der Waals surface area contributed by atoms with Gasteiger partial charge < -0.3 is 10.2 Å². The highest BCUT2D eigenvalue weighted by molar-refractivity contribution is 5.83. The number of amides is 1. The minimum atomic E-state index is 0.000392. The molecule has 2 rings (SSSR count). The molecule has 1 fully saturated rings. The van der Waals surface area contributed by atoms with Crippen molar-refractivity contribution in [3.8, 4) is 0 Å². The zero-order chi connectivity index (χ0) is 12.1. The molecule has 0 radical (unpaired) electrons. The van der Waals surface area contributed by atoms with Crippen LogP contribution in [0, 0.1) is 0 Å². The summed E-state index contributed by atoms with van der Waals surface area (Å²) >= 11 is 0. The number of likely N-dealkylation sites (N-methyl/N-ethyl adjacent to an activating group) is 1. The first-order chi connectivity index (χ1) is 8.27. The van der Waals surface area contributed by atoms with Crippen molar-refractivity contribution in [1.29, 1.82) is 0 Å². The zero-order valence-electron chi connectivity index (χ0n) is 10.1.